The predicted octanol–water partition coefficient (Wildman–Crippen LogP) is 2.22. The standard InChI is InChI=1S/C15H19N3O/c1-2-19-13-6-3-11(4-7-13)15-14-8-5-12(16)9-18(14)10-17-15/h3-4,6-7,10,12H,2,5,8-9,16H2,1H3. The molecule has 4 nitrogen and oxygen atoms in total. The molecule has 2 N–H and O–H groups in total. The van der Waals surface area contributed by atoms with Gasteiger partial charge < -0.3 is 15.0 Å². The van der Waals surface area contributed by atoms with Crippen LogP contribution >= 0.6 is 0 Å². The zero-order valence-electron chi connectivity index (χ0n) is 11.2. The van der Waals surface area contributed by atoms with E-state index in [1.54, 1.807) is 0 Å². The maximum atomic E-state index is 5.99. The van der Waals surface area contributed by atoms with Crippen molar-refractivity contribution in [2.24, 2.45) is 5.73 Å². The van der Waals surface area contributed by atoms with E-state index in [4.69, 9.17) is 10.5 Å². The second kappa shape index (κ2) is 5.05. The van der Waals surface area contributed by atoms with Gasteiger partial charge in [-0.15, -0.1) is 0 Å². The number of ether oxygens (including phenoxy) is 1. The summed E-state index contributed by atoms with van der Waals surface area (Å²) in [6.45, 7) is 3.55. The third kappa shape index (κ3) is 2.36. The lowest BCUT2D eigenvalue weighted by Gasteiger charge is -2.21. The number of imidazole rings is 1. The second-order valence-electron chi connectivity index (χ2n) is 4.95. The lowest BCUT2D eigenvalue weighted by Crippen LogP contribution is -2.31. The van der Waals surface area contributed by atoms with Crippen molar-refractivity contribution in [1.82, 2.24) is 9.55 Å². The zero-order valence-corrected chi connectivity index (χ0v) is 11.2. The molecule has 0 radical (unpaired) electrons. The summed E-state index contributed by atoms with van der Waals surface area (Å²) in [6.07, 6.45) is 3.94. The van der Waals surface area contributed by atoms with Crippen molar-refractivity contribution in [1.29, 1.82) is 0 Å². The van der Waals surface area contributed by atoms with E-state index in [0.29, 0.717) is 6.61 Å². The summed E-state index contributed by atoms with van der Waals surface area (Å²) in [4.78, 5) is 4.54. The van der Waals surface area contributed by atoms with E-state index in [1.165, 1.54) is 5.69 Å². The molecule has 3 rings (SSSR count). The molecule has 0 fully saturated rings. The lowest BCUT2D eigenvalue weighted by molar-refractivity contribution is 0.340. The molecule has 0 bridgehead atoms. The molecular weight excluding hydrogens is 238 g/mol. The minimum atomic E-state index is 0.259. The van der Waals surface area contributed by atoms with Gasteiger partial charge in [0.2, 0.25) is 0 Å². The van der Waals surface area contributed by atoms with Crippen LogP contribution in [0.1, 0.15) is 19.0 Å². The van der Waals surface area contributed by atoms with Gasteiger partial charge in [-0.1, -0.05) is 0 Å². The van der Waals surface area contributed by atoms with E-state index in [2.05, 4.69) is 21.7 Å². The third-order valence-corrected chi connectivity index (χ3v) is 3.57. The van der Waals surface area contributed by atoms with E-state index in [1.807, 2.05) is 25.4 Å². The number of hydrogen-bond acceptors (Lipinski definition) is 3. The Morgan fingerprint density at radius 3 is 2.89 bits per heavy atom. The number of hydrogen-bond donors (Lipinski definition) is 1. The van der Waals surface area contributed by atoms with Gasteiger partial charge >= 0.3 is 0 Å². The summed E-state index contributed by atoms with van der Waals surface area (Å²) in [6, 6.07) is 8.40. The molecule has 1 aromatic carbocycles. The molecule has 1 atom stereocenters. The molecule has 0 saturated carbocycles. The van der Waals surface area contributed by atoms with Gasteiger partial charge in [0.1, 0.15) is 5.75 Å². The molecule has 19 heavy (non-hydrogen) atoms. The van der Waals surface area contributed by atoms with Crippen molar-refractivity contribution >= 4 is 0 Å². The van der Waals surface area contributed by atoms with Gasteiger partial charge in [0.05, 0.1) is 18.6 Å². The van der Waals surface area contributed by atoms with Gasteiger partial charge in [0.25, 0.3) is 0 Å². The predicted molar refractivity (Wildman–Crippen MR) is 75.1 cm³/mol. The highest BCUT2D eigenvalue weighted by atomic mass is 16.5. The van der Waals surface area contributed by atoms with Crippen molar-refractivity contribution in [3.63, 3.8) is 0 Å². The number of nitrogens with two attached hydrogens (primary N) is 1. The van der Waals surface area contributed by atoms with Gasteiger partial charge in [0.15, 0.2) is 0 Å². The van der Waals surface area contributed by atoms with Crippen LogP contribution in [0, 0.1) is 0 Å². The summed E-state index contributed by atoms with van der Waals surface area (Å²) in [5.74, 6) is 0.904. The number of benzene rings is 1. The maximum Gasteiger partial charge on any atom is 0.119 e. The van der Waals surface area contributed by atoms with Crippen molar-refractivity contribution in [2.75, 3.05) is 6.61 Å². The van der Waals surface area contributed by atoms with E-state index in [-0.39, 0.29) is 6.04 Å². The molecule has 2 aromatic rings. The molecule has 1 unspecified atom stereocenters. The van der Waals surface area contributed by atoms with E-state index in [9.17, 15) is 0 Å². The summed E-state index contributed by atoms with van der Waals surface area (Å²) < 4.78 is 7.64. The monoisotopic (exact) mass is 257 g/mol. The van der Waals surface area contributed by atoms with Crippen molar-refractivity contribution in [3.05, 3.63) is 36.3 Å². The Morgan fingerprint density at radius 2 is 2.16 bits per heavy atom. The molecule has 4 heteroatoms. The topological polar surface area (TPSA) is 53.1 Å². The number of rotatable bonds is 3. The van der Waals surface area contributed by atoms with Crippen molar-refractivity contribution < 1.29 is 4.74 Å². The van der Waals surface area contributed by atoms with Gasteiger partial charge in [-0.25, -0.2) is 4.98 Å². The first-order valence-electron chi connectivity index (χ1n) is 6.80. The minimum absolute atomic E-state index is 0.259. The van der Waals surface area contributed by atoms with E-state index < -0.39 is 0 Å². The van der Waals surface area contributed by atoms with Crippen LogP contribution in [0.15, 0.2) is 30.6 Å². The van der Waals surface area contributed by atoms with Crippen LogP contribution in [0.3, 0.4) is 0 Å². The van der Waals surface area contributed by atoms with Crippen molar-refractivity contribution in [2.45, 2.75) is 32.4 Å². The molecule has 1 aliphatic rings. The summed E-state index contributed by atoms with van der Waals surface area (Å²) >= 11 is 0. The number of aromatic nitrogens is 2. The van der Waals surface area contributed by atoms with Crippen LogP contribution < -0.4 is 10.5 Å². The summed E-state index contributed by atoms with van der Waals surface area (Å²) in [7, 11) is 0. The quantitative estimate of drug-likeness (QED) is 0.917. The maximum absolute atomic E-state index is 5.99. The van der Waals surface area contributed by atoms with Crippen LogP contribution in [-0.4, -0.2) is 22.2 Å². The Labute approximate surface area is 113 Å². The molecule has 0 amide bonds. The molecule has 0 aliphatic carbocycles. The second-order valence-corrected chi connectivity index (χ2v) is 4.95. The largest absolute Gasteiger partial charge is 0.494 e. The Morgan fingerprint density at radius 1 is 1.37 bits per heavy atom. The Hall–Kier alpha value is -1.81. The average Bonchev–Trinajstić information content (AvgIpc) is 2.83. The fourth-order valence-electron chi connectivity index (χ4n) is 2.61. The Balaban J connectivity index is 1.90. The van der Waals surface area contributed by atoms with Crippen molar-refractivity contribution in [3.8, 4) is 17.0 Å². The fraction of sp³-hybridized carbons (Fsp3) is 0.400. The molecule has 2 heterocycles. The Bertz CT molecular complexity index is 559. The highest BCUT2D eigenvalue weighted by Gasteiger charge is 2.19. The van der Waals surface area contributed by atoms with Gasteiger partial charge in [0, 0.05) is 23.8 Å². The fourth-order valence-corrected chi connectivity index (χ4v) is 2.61. The SMILES string of the molecule is CCOc1ccc(-c2ncn3c2CCC(N)C3)cc1. The highest BCUT2D eigenvalue weighted by Crippen LogP contribution is 2.27. The molecule has 100 valence electrons. The van der Waals surface area contributed by atoms with E-state index in [0.717, 1.165) is 36.4 Å². The summed E-state index contributed by atoms with van der Waals surface area (Å²) in [5, 5.41) is 0. The first kappa shape index (κ1) is 12.2. The van der Waals surface area contributed by atoms with Crippen LogP contribution in [0.4, 0.5) is 0 Å². The van der Waals surface area contributed by atoms with Gasteiger partial charge in [-0.3, -0.25) is 0 Å². The third-order valence-electron chi connectivity index (χ3n) is 3.57. The van der Waals surface area contributed by atoms with Crippen LogP contribution in [0.25, 0.3) is 11.3 Å². The number of nitrogens with zero attached hydrogens (tertiary/aromatic N) is 2. The average molecular weight is 257 g/mol. The van der Waals surface area contributed by atoms with Gasteiger partial charge in [-0.05, 0) is 44.0 Å². The minimum Gasteiger partial charge on any atom is -0.494 e. The zero-order chi connectivity index (χ0) is 13.2. The van der Waals surface area contributed by atoms with Crippen LogP contribution in [0.5, 0.6) is 5.75 Å². The molecular formula is C15H19N3O. The normalized spacial score (nSPS) is 18.1. The van der Waals surface area contributed by atoms with E-state index >= 15 is 0 Å². The molecule has 0 spiro atoms. The number of fused-ring (bicyclic) bond motifs is 1. The van der Waals surface area contributed by atoms with Crippen LogP contribution in [-0.2, 0) is 13.0 Å². The first-order chi connectivity index (χ1) is 9.28. The first-order valence-corrected chi connectivity index (χ1v) is 6.80. The highest BCUT2D eigenvalue weighted by molar-refractivity contribution is 5.63. The smallest absolute Gasteiger partial charge is 0.119 e. The Kier molecular flexibility index (Phi) is 3.25. The van der Waals surface area contributed by atoms with Gasteiger partial charge in [-0.2, -0.15) is 0 Å². The summed E-state index contributed by atoms with van der Waals surface area (Å²) in [5.41, 5.74) is 9.51. The molecule has 1 aliphatic heterocycles. The van der Waals surface area contributed by atoms with Crippen LogP contribution in [0.2, 0.25) is 0 Å². The molecule has 0 saturated heterocycles. The lowest BCUT2D eigenvalue weighted by atomic mass is 10.0. The molecule has 1 aromatic heterocycles.